The molecule has 0 saturated heterocycles. The van der Waals surface area contributed by atoms with Gasteiger partial charge in [0.1, 0.15) is 5.75 Å². The van der Waals surface area contributed by atoms with E-state index in [1.165, 1.54) is 29.3 Å². The third kappa shape index (κ3) is 2.13. The molecule has 0 fully saturated rings. The molecule has 0 radical (unpaired) electrons. The Bertz CT molecular complexity index is 709. The van der Waals surface area contributed by atoms with Crippen molar-refractivity contribution in [1.29, 1.82) is 0 Å². The Morgan fingerprint density at radius 1 is 0.947 bits per heavy atom. The van der Waals surface area contributed by atoms with Crippen LogP contribution >= 0.6 is 33.9 Å². The molecule has 0 spiro atoms. The van der Waals surface area contributed by atoms with Gasteiger partial charge in [-0.3, -0.25) is 0 Å². The molecule has 19 heavy (non-hydrogen) atoms. The summed E-state index contributed by atoms with van der Waals surface area (Å²) in [7, 11) is 0. The van der Waals surface area contributed by atoms with Gasteiger partial charge in [0.25, 0.3) is 0 Å². The van der Waals surface area contributed by atoms with Crippen LogP contribution in [0, 0.1) is 3.57 Å². The third-order valence-corrected chi connectivity index (χ3v) is 5.72. The van der Waals surface area contributed by atoms with Crippen LogP contribution in [0.25, 0.3) is 20.2 Å². The van der Waals surface area contributed by atoms with Crippen molar-refractivity contribution in [3.05, 3.63) is 39.0 Å². The van der Waals surface area contributed by atoms with Crippen LogP contribution in [0.15, 0.2) is 24.3 Å². The second-order valence-electron chi connectivity index (χ2n) is 4.73. The van der Waals surface area contributed by atoms with E-state index in [9.17, 15) is 5.11 Å². The average Bonchev–Trinajstić information content (AvgIpc) is 2.72. The molecule has 1 aromatic heterocycles. The molecule has 98 valence electrons. The van der Waals surface area contributed by atoms with Gasteiger partial charge in [-0.15, -0.1) is 11.3 Å². The number of thiophene rings is 1. The van der Waals surface area contributed by atoms with Gasteiger partial charge in [-0.2, -0.15) is 0 Å². The first-order chi connectivity index (χ1) is 9.13. The highest BCUT2D eigenvalue weighted by Gasteiger charge is 2.11. The first kappa shape index (κ1) is 13.2. The number of phenols is 1. The van der Waals surface area contributed by atoms with Crippen molar-refractivity contribution in [2.75, 3.05) is 0 Å². The van der Waals surface area contributed by atoms with E-state index >= 15 is 0 Å². The lowest BCUT2D eigenvalue weighted by Gasteiger charge is -2.03. The number of rotatable bonds is 2. The van der Waals surface area contributed by atoms with Crippen LogP contribution in [0.5, 0.6) is 5.75 Å². The highest BCUT2D eigenvalue weighted by atomic mass is 127. The van der Waals surface area contributed by atoms with Gasteiger partial charge in [0, 0.05) is 23.7 Å². The lowest BCUT2D eigenvalue weighted by atomic mass is 10.0. The first-order valence-electron chi connectivity index (χ1n) is 6.50. The van der Waals surface area contributed by atoms with E-state index in [1.54, 1.807) is 11.3 Å². The fraction of sp³-hybridized carbons (Fsp3) is 0.250. The van der Waals surface area contributed by atoms with E-state index in [4.69, 9.17) is 0 Å². The molecule has 0 saturated carbocycles. The SMILES string of the molecule is CCc1cc2c(cc1O)sc1cc(I)c(CC)cc12. The first-order valence-corrected chi connectivity index (χ1v) is 8.40. The zero-order valence-corrected chi connectivity index (χ0v) is 13.9. The monoisotopic (exact) mass is 382 g/mol. The van der Waals surface area contributed by atoms with Gasteiger partial charge in [0.2, 0.25) is 0 Å². The maximum atomic E-state index is 9.99. The van der Waals surface area contributed by atoms with Gasteiger partial charge in [-0.05, 0) is 70.8 Å². The number of aromatic hydroxyl groups is 1. The van der Waals surface area contributed by atoms with Gasteiger partial charge in [-0.1, -0.05) is 13.8 Å². The van der Waals surface area contributed by atoms with Crippen molar-refractivity contribution >= 4 is 54.1 Å². The van der Waals surface area contributed by atoms with Crippen molar-refractivity contribution in [1.82, 2.24) is 0 Å². The summed E-state index contributed by atoms with van der Waals surface area (Å²) in [6.45, 7) is 4.27. The minimum Gasteiger partial charge on any atom is -0.508 e. The number of aryl methyl sites for hydroxylation is 2. The molecule has 2 aromatic carbocycles. The molecule has 0 aliphatic rings. The standard InChI is InChI=1S/C16H15IOS/c1-3-9-5-11-12-6-10(4-2)14(18)8-16(12)19-15(11)7-13(9)17/h5-8,18H,3-4H2,1-2H3. The molecule has 1 N–H and O–H groups in total. The normalized spacial score (nSPS) is 11.5. The second-order valence-corrected chi connectivity index (χ2v) is 6.97. The average molecular weight is 382 g/mol. The summed E-state index contributed by atoms with van der Waals surface area (Å²) >= 11 is 4.17. The molecule has 3 heteroatoms. The summed E-state index contributed by atoms with van der Waals surface area (Å²) in [5.41, 5.74) is 2.43. The molecule has 1 nitrogen and oxygen atoms in total. The van der Waals surface area contributed by atoms with Gasteiger partial charge in [0.05, 0.1) is 0 Å². The summed E-state index contributed by atoms with van der Waals surface area (Å²) in [4.78, 5) is 0. The van der Waals surface area contributed by atoms with Crippen LogP contribution in [-0.4, -0.2) is 5.11 Å². The number of fused-ring (bicyclic) bond motifs is 3. The third-order valence-electron chi connectivity index (χ3n) is 3.60. The van der Waals surface area contributed by atoms with Crippen molar-refractivity contribution < 1.29 is 5.11 Å². The Kier molecular flexibility index (Phi) is 3.43. The summed E-state index contributed by atoms with van der Waals surface area (Å²) in [5.74, 6) is 0.423. The van der Waals surface area contributed by atoms with Gasteiger partial charge in [-0.25, -0.2) is 0 Å². The van der Waals surface area contributed by atoms with E-state index in [0.29, 0.717) is 5.75 Å². The Morgan fingerprint density at radius 2 is 1.53 bits per heavy atom. The number of halogens is 1. The maximum Gasteiger partial charge on any atom is 0.120 e. The zero-order valence-electron chi connectivity index (χ0n) is 11.0. The summed E-state index contributed by atoms with van der Waals surface area (Å²) in [6.07, 6.45) is 1.92. The Balaban J connectivity index is 2.41. The van der Waals surface area contributed by atoms with E-state index in [1.807, 2.05) is 6.07 Å². The van der Waals surface area contributed by atoms with Crippen molar-refractivity contribution in [2.24, 2.45) is 0 Å². The number of phenolic OH excluding ortho intramolecular Hbond substituents is 1. The predicted molar refractivity (Wildman–Crippen MR) is 92.5 cm³/mol. The van der Waals surface area contributed by atoms with Gasteiger partial charge < -0.3 is 5.11 Å². The smallest absolute Gasteiger partial charge is 0.120 e. The van der Waals surface area contributed by atoms with Gasteiger partial charge >= 0.3 is 0 Å². The van der Waals surface area contributed by atoms with E-state index in [2.05, 4.69) is 54.6 Å². The molecule has 0 amide bonds. The Hall–Kier alpha value is -0.810. The Morgan fingerprint density at radius 3 is 2.16 bits per heavy atom. The van der Waals surface area contributed by atoms with E-state index in [-0.39, 0.29) is 0 Å². The molecule has 0 aliphatic heterocycles. The van der Waals surface area contributed by atoms with Crippen molar-refractivity contribution in [3.8, 4) is 5.75 Å². The summed E-state index contributed by atoms with van der Waals surface area (Å²) in [5, 5.41) is 12.6. The minimum atomic E-state index is 0.423. The highest BCUT2D eigenvalue weighted by molar-refractivity contribution is 14.1. The number of hydrogen-bond acceptors (Lipinski definition) is 2. The Labute approximate surface area is 130 Å². The van der Waals surface area contributed by atoms with Crippen LogP contribution in [0.3, 0.4) is 0 Å². The van der Waals surface area contributed by atoms with Crippen LogP contribution in [0.4, 0.5) is 0 Å². The molecule has 1 heterocycles. The minimum absolute atomic E-state index is 0.423. The molecule has 3 rings (SSSR count). The quantitative estimate of drug-likeness (QED) is 0.581. The van der Waals surface area contributed by atoms with Gasteiger partial charge in [0.15, 0.2) is 0 Å². The van der Waals surface area contributed by atoms with Crippen LogP contribution in [0.2, 0.25) is 0 Å². The predicted octanol–water partition coefficient (Wildman–Crippen LogP) is 5.49. The molecule has 0 atom stereocenters. The van der Waals surface area contributed by atoms with Crippen molar-refractivity contribution in [3.63, 3.8) is 0 Å². The van der Waals surface area contributed by atoms with Crippen molar-refractivity contribution in [2.45, 2.75) is 26.7 Å². The molecule has 0 aliphatic carbocycles. The number of hydrogen-bond donors (Lipinski definition) is 1. The second kappa shape index (κ2) is 4.94. The molecule has 0 unspecified atom stereocenters. The zero-order chi connectivity index (χ0) is 13.6. The highest BCUT2D eigenvalue weighted by Crippen LogP contribution is 2.39. The largest absolute Gasteiger partial charge is 0.508 e. The van der Waals surface area contributed by atoms with Crippen LogP contribution < -0.4 is 0 Å². The molecule has 3 aromatic rings. The lowest BCUT2D eigenvalue weighted by molar-refractivity contribution is 0.470. The van der Waals surface area contributed by atoms with Crippen LogP contribution in [0.1, 0.15) is 25.0 Å². The molecular weight excluding hydrogens is 367 g/mol. The maximum absolute atomic E-state index is 9.99. The van der Waals surface area contributed by atoms with E-state index in [0.717, 1.165) is 18.4 Å². The lowest BCUT2D eigenvalue weighted by Crippen LogP contribution is -1.85. The number of benzene rings is 2. The fourth-order valence-corrected chi connectivity index (χ4v) is 4.68. The summed E-state index contributed by atoms with van der Waals surface area (Å²) in [6, 6.07) is 8.64. The van der Waals surface area contributed by atoms with Crippen LogP contribution in [-0.2, 0) is 12.8 Å². The fourth-order valence-electron chi connectivity index (χ4n) is 2.48. The summed E-state index contributed by atoms with van der Waals surface area (Å²) < 4.78 is 3.82. The molecule has 0 bridgehead atoms. The topological polar surface area (TPSA) is 20.2 Å². The van der Waals surface area contributed by atoms with E-state index < -0.39 is 0 Å². The molecular formula is C16H15IOS.